The van der Waals surface area contributed by atoms with Gasteiger partial charge in [0.2, 0.25) is 5.91 Å². The molecule has 0 radical (unpaired) electrons. The van der Waals surface area contributed by atoms with Gasteiger partial charge in [0.25, 0.3) is 0 Å². The summed E-state index contributed by atoms with van der Waals surface area (Å²) in [6, 6.07) is 13.5. The number of carbonyl (C=O) groups excluding carboxylic acids is 1. The van der Waals surface area contributed by atoms with Gasteiger partial charge in [-0.05, 0) is 48.2 Å². The third kappa shape index (κ3) is 4.36. The minimum atomic E-state index is -0.219. The average molecular weight is 396 g/mol. The van der Waals surface area contributed by atoms with Gasteiger partial charge in [-0.25, -0.2) is 4.39 Å². The van der Waals surface area contributed by atoms with Crippen LogP contribution in [0.3, 0.4) is 0 Å². The second-order valence-corrected chi connectivity index (χ2v) is 9.11. The van der Waals surface area contributed by atoms with E-state index in [1.807, 2.05) is 17.0 Å². The molecule has 29 heavy (non-hydrogen) atoms. The molecule has 2 aliphatic rings. The van der Waals surface area contributed by atoms with Crippen molar-refractivity contribution < 1.29 is 9.18 Å². The first kappa shape index (κ1) is 20.0. The van der Waals surface area contributed by atoms with Crippen molar-refractivity contribution in [3.8, 4) is 0 Å². The fourth-order valence-electron chi connectivity index (χ4n) is 4.54. The molecule has 2 heterocycles. The van der Waals surface area contributed by atoms with Gasteiger partial charge in [-0.2, -0.15) is 0 Å². The van der Waals surface area contributed by atoms with Crippen molar-refractivity contribution in [2.45, 2.75) is 38.6 Å². The van der Waals surface area contributed by atoms with Gasteiger partial charge in [0.15, 0.2) is 0 Å². The fourth-order valence-corrected chi connectivity index (χ4v) is 4.54. The van der Waals surface area contributed by atoms with Gasteiger partial charge < -0.3 is 10.2 Å². The molecule has 1 amide bonds. The number of piperazine rings is 1. The summed E-state index contributed by atoms with van der Waals surface area (Å²) in [6.45, 7) is 10.5. The first-order valence-electron chi connectivity index (χ1n) is 10.5. The van der Waals surface area contributed by atoms with Crippen molar-refractivity contribution in [2.24, 2.45) is 0 Å². The van der Waals surface area contributed by atoms with Gasteiger partial charge in [-0.3, -0.25) is 9.69 Å². The zero-order chi connectivity index (χ0) is 20.6. The number of halogens is 1. The average Bonchev–Trinajstić information content (AvgIpc) is 2.94. The normalized spacial score (nSPS) is 21.2. The lowest BCUT2D eigenvalue weighted by Gasteiger charge is -2.32. The van der Waals surface area contributed by atoms with E-state index in [4.69, 9.17) is 0 Å². The molecule has 0 aromatic heterocycles. The summed E-state index contributed by atoms with van der Waals surface area (Å²) in [5.74, 6) is -0.0479. The van der Waals surface area contributed by atoms with Crippen molar-refractivity contribution in [1.29, 1.82) is 0 Å². The van der Waals surface area contributed by atoms with Crippen LogP contribution in [-0.2, 0) is 16.6 Å². The molecule has 1 saturated heterocycles. The van der Waals surface area contributed by atoms with Gasteiger partial charge in [-0.15, -0.1) is 0 Å². The van der Waals surface area contributed by atoms with Crippen molar-refractivity contribution in [3.63, 3.8) is 0 Å². The van der Waals surface area contributed by atoms with Crippen LogP contribution >= 0.6 is 0 Å². The standard InChI is InChI=1S/C24H30FN3O/c1-17-14-27(11-10-26-17)15-23(29)28-16-24(2,3)21-9-6-19(13-22(21)28)12-18-4-7-20(25)8-5-18/h4-9,13,17,26H,10-12,14-16H2,1-3H3/t17-/m1/s1. The molecular formula is C24H30FN3O. The Labute approximate surface area is 172 Å². The van der Waals surface area contributed by atoms with Crippen LogP contribution in [0.4, 0.5) is 10.1 Å². The lowest BCUT2D eigenvalue weighted by atomic mass is 9.86. The van der Waals surface area contributed by atoms with Gasteiger partial charge in [-0.1, -0.05) is 38.1 Å². The maximum atomic E-state index is 13.2. The second-order valence-electron chi connectivity index (χ2n) is 9.11. The van der Waals surface area contributed by atoms with Crippen molar-refractivity contribution in [1.82, 2.24) is 10.2 Å². The molecule has 5 heteroatoms. The molecule has 0 aliphatic carbocycles. The van der Waals surface area contributed by atoms with Crippen LogP contribution < -0.4 is 10.2 Å². The highest BCUT2D eigenvalue weighted by Crippen LogP contribution is 2.41. The number of nitrogens with one attached hydrogen (secondary N) is 1. The third-order valence-corrected chi connectivity index (χ3v) is 6.07. The number of carbonyl (C=O) groups is 1. The number of anilines is 1. The number of fused-ring (bicyclic) bond motifs is 1. The summed E-state index contributed by atoms with van der Waals surface area (Å²) < 4.78 is 13.2. The van der Waals surface area contributed by atoms with Crippen LogP contribution in [0.25, 0.3) is 0 Å². The van der Waals surface area contributed by atoms with E-state index in [1.54, 1.807) is 0 Å². The number of rotatable bonds is 4. The van der Waals surface area contributed by atoms with Gasteiger partial charge in [0, 0.05) is 43.3 Å². The van der Waals surface area contributed by atoms with Crippen LogP contribution in [0.1, 0.15) is 37.5 Å². The molecule has 2 aromatic rings. The third-order valence-electron chi connectivity index (χ3n) is 6.07. The molecule has 4 nitrogen and oxygen atoms in total. The maximum absolute atomic E-state index is 13.2. The summed E-state index contributed by atoms with van der Waals surface area (Å²) in [5, 5.41) is 3.43. The van der Waals surface area contributed by atoms with Gasteiger partial charge >= 0.3 is 0 Å². The van der Waals surface area contributed by atoms with E-state index < -0.39 is 0 Å². The number of hydrogen-bond donors (Lipinski definition) is 1. The van der Waals surface area contributed by atoms with E-state index in [1.165, 1.54) is 17.7 Å². The molecule has 1 fully saturated rings. The van der Waals surface area contributed by atoms with E-state index >= 15 is 0 Å². The molecule has 1 atom stereocenters. The SMILES string of the molecule is C[C@@H]1CN(CC(=O)N2CC(C)(C)c3ccc(Cc4ccc(F)cc4)cc32)CCN1. The zero-order valence-corrected chi connectivity index (χ0v) is 17.5. The molecule has 0 saturated carbocycles. The Morgan fingerprint density at radius 3 is 2.62 bits per heavy atom. The Morgan fingerprint density at radius 2 is 1.90 bits per heavy atom. The largest absolute Gasteiger partial charge is 0.312 e. The first-order chi connectivity index (χ1) is 13.8. The van der Waals surface area contributed by atoms with Gasteiger partial charge in [0.05, 0.1) is 6.54 Å². The second kappa shape index (κ2) is 7.88. The molecule has 0 bridgehead atoms. The number of nitrogens with zero attached hydrogens (tertiary/aromatic N) is 2. The van der Waals surface area contributed by atoms with E-state index in [0.29, 0.717) is 19.1 Å². The molecule has 154 valence electrons. The Morgan fingerprint density at radius 1 is 1.17 bits per heavy atom. The van der Waals surface area contributed by atoms with E-state index in [9.17, 15) is 9.18 Å². The van der Waals surface area contributed by atoms with E-state index in [2.05, 4.69) is 49.2 Å². The number of benzene rings is 2. The lowest BCUT2D eigenvalue weighted by molar-refractivity contribution is -0.120. The Bertz CT molecular complexity index is 893. The molecule has 2 aliphatic heterocycles. The zero-order valence-electron chi connectivity index (χ0n) is 17.5. The summed E-state index contributed by atoms with van der Waals surface area (Å²) in [7, 11) is 0. The van der Waals surface area contributed by atoms with Crippen LogP contribution in [0.5, 0.6) is 0 Å². The summed E-state index contributed by atoms with van der Waals surface area (Å²) in [5.41, 5.74) is 4.40. The number of amides is 1. The molecular weight excluding hydrogens is 365 g/mol. The van der Waals surface area contributed by atoms with Crippen molar-refractivity contribution in [2.75, 3.05) is 37.6 Å². The Balaban J connectivity index is 1.55. The molecule has 2 aromatic carbocycles. The lowest BCUT2D eigenvalue weighted by Crippen LogP contribution is -2.52. The predicted molar refractivity (Wildman–Crippen MR) is 115 cm³/mol. The smallest absolute Gasteiger partial charge is 0.241 e. The Kier molecular flexibility index (Phi) is 5.45. The fraction of sp³-hybridized carbons (Fsp3) is 0.458. The number of hydrogen-bond acceptors (Lipinski definition) is 3. The van der Waals surface area contributed by atoms with Crippen LogP contribution in [0.15, 0.2) is 42.5 Å². The maximum Gasteiger partial charge on any atom is 0.241 e. The molecule has 0 unspecified atom stereocenters. The highest BCUT2D eigenvalue weighted by atomic mass is 19.1. The highest BCUT2D eigenvalue weighted by Gasteiger charge is 2.38. The highest BCUT2D eigenvalue weighted by molar-refractivity contribution is 5.97. The van der Waals surface area contributed by atoms with Crippen LogP contribution in [-0.4, -0.2) is 49.6 Å². The van der Waals surface area contributed by atoms with Crippen LogP contribution in [0.2, 0.25) is 0 Å². The summed E-state index contributed by atoms with van der Waals surface area (Å²) in [4.78, 5) is 17.4. The van der Waals surface area contributed by atoms with E-state index in [-0.39, 0.29) is 17.1 Å². The quantitative estimate of drug-likeness (QED) is 0.863. The molecule has 4 rings (SSSR count). The van der Waals surface area contributed by atoms with Crippen molar-refractivity contribution in [3.05, 3.63) is 65.0 Å². The Hall–Kier alpha value is -2.24. The van der Waals surface area contributed by atoms with Crippen molar-refractivity contribution >= 4 is 11.6 Å². The van der Waals surface area contributed by atoms with Crippen LogP contribution in [0, 0.1) is 5.82 Å². The molecule has 1 N–H and O–H groups in total. The molecule has 0 spiro atoms. The topological polar surface area (TPSA) is 35.6 Å². The van der Waals surface area contributed by atoms with Gasteiger partial charge in [0.1, 0.15) is 5.82 Å². The monoisotopic (exact) mass is 395 g/mol. The summed E-state index contributed by atoms with van der Waals surface area (Å²) >= 11 is 0. The van der Waals surface area contributed by atoms with E-state index in [0.717, 1.165) is 42.9 Å². The predicted octanol–water partition coefficient (Wildman–Crippen LogP) is 3.33. The minimum absolute atomic E-state index is 0.0594. The summed E-state index contributed by atoms with van der Waals surface area (Å²) in [6.07, 6.45) is 0.728. The minimum Gasteiger partial charge on any atom is -0.312 e. The first-order valence-corrected chi connectivity index (χ1v) is 10.5.